The van der Waals surface area contributed by atoms with Crippen molar-refractivity contribution in [3.8, 4) is 0 Å². The van der Waals surface area contributed by atoms with Crippen molar-refractivity contribution in [3.63, 3.8) is 0 Å². The number of aliphatic hydroxyl groups excluding tert-OH is 1. The van der Waals surface area contributed by atoms with E-state index in [-0.39, 0.29) is 31.3 Å². The summed E-state index contributed by atoms with van der Waals surface area (Å²) >= 11 is 1.78. The fourth-order valence-corrected chi connectivity index (χ4v) is 5.25. The molecule has 1 amide bonds. The first-order valence-electron chi connectivity index (χ1n) is 12.4. The Balaban J connectivity index is 1.48. The number of hydrogen-bond donors (Lipinski definition) is 2. The maximum Gasteiger partial charge on any atom is 0.407 e. The Morgan fingerprint density at radius 2 is 1.68 bits per heavy atom. The number of carbonyl (C=O) groups is 1. The molecule has 3 aromatic carbocycles. The van der Waals surface area contributed by atoms with E-state index in [2.05, 4.69) is 31.0 Å². The molecular weight excluding hydrogens is 486 g/mol. The van der Waals surface area contributed by atoms with E-state index in [1.54, 1.807) is 11.8 Å². The van der Waals surface area contributed by atoms with E-state index in [1.165, 1.54) is 11.0 Å². The zero-order valence-electron chi connectivity index (χ0n) is 20.9. The van der Waals surface area contributed by atoms with E-state index < -0.39 is 12.4 Å². The molecule has 4 atom stereocenters. The molecule has 0 bridgehead atoms. The van der Waals surface area contributed by atoms with Crippen molar-refractivity contribution in [1.29, 1.82) is 0 Å². The maximum absolute atomic E-state index is 11.7. The highest BCUT2D eigenvalue weighted by atomic mass is 32.2. The van der Waals surface area contributed by atoms with Crippen LogP contribution in [0.5, 0.6) is 0 Å². The molecule has 0 unspecified atom stereocenters. The van der Waals surface area contributed by atoms with Gasteiger partial charge in [-0.05, 0) is 28.8 Å². The molecule has 0 aliphatic carbocycles. The van der Waals surface area contributed by atoms with Gasteiger partial charge in [0.25, 0.3) is 0 Å². The number of amides is 1. The predicted molar refractivity (Wildman–Crippen MR) is 145 cm³/mol. The Labute approximate surface area is 222 Å². The smallest absolute Gasteiger partial charge is 0.407 e. The number of aliphatic hydroxyl groups is 1. The molecule has 7 heteroatoms. The van der Waals surface area contributed by atoms with E-state index in [9.17, 15) is 9.90 Å². The zero-order chi connectivity index (χ0) is 26.0. The number of rotatable bonds is 10. The summed E-state index contributed by atoms with van der Waals surface area (Å²) in [5, 5.41) is 12.2. The highest BCUT2D eigenvalue weighted by molar-refractivity contribution is 7.99. The normalized spacial score (nSPS) is 21.2. The average molecular weight is 520 g/mol. The Kier molecular flexibility index (Phi) is 9.79. The molecule has 0 aromatic heterocycles. The molecule has 1 heterocycles. The second-order valence-electron chi connectivity index (χ2n) is 8.93. The summed E-state index contributed by atoms with van der Waals surface area (Å²) < 4.78 is 18.0. The minimum atomic E-state index is -0.528. The van der Waals surface area contributed by atoms with Crippen LogP contribution in [-0.2, 0) is 27.4 Å². The lowest BCUT2D eigenvalue weighted by Gasteiger charge is -2.41. The number of hydrogen-bond acceptors (Lipinski definition) is 6. The minimum absolute atomic E-state index is 0.0105. The number of alkyl carbamates (subject to hydrolysis) is 1. The van der Waals surface area contributed by atoms with E-state index in [1.807, 2.05) is 66.7 Å². The Morgan fingerprint density at radius 1 is 1.00 bits per heavy atom. The lowest BCUT2D eigenvalue weighted by molar-refractivity contribution is -0.268. The molecular formula is C30H33NO5S. The van der Waals surface area contributed by atoms with Gasteiger partial charge in [-0.2, -0.15) is 0 Å². The molecule has 37 heavy (non-hydrogen) atoms. The average Bonchev–Trinajstić information content (AvgIpc) is 2.95. The Hall–Kier alpha value is -3.10. The van der Waals surface area contributed by atoms with Crippen molar-refractivity contribution in [3.05, 3.63) is 114 Å². The van der Waals surface area contributed by atoms with Crippen molar-refractivity contribution in [1.82, 2.24) is 5.32 Å². The third kappa shape index (κ3) is 7.46. The number of ether oxygens (including phenoxy) is 3. The van der Waals surface area contributed by atoms with E-state index in [4.69, 9.17) is 14.2 Å². The van der Waals surface area contributed by atoms with Crippen molar-refractivity contribution >= 4 is 17.9 Å². The number of benzene rings is 3. The molecule has 1 aliphatic heterocycles. The van der Waals surface area contributed by atoms with Gasteiger partial charge in [0, 0.05) is 28.7 Å². The van der Waals surface area contributed by atoms with Gasteiger partial charge < -0.3 is 24.6 Å². The van der Waals surface area contributed by atoms with Gasteiger partial charge in [0.15, 0.2) is 6.29 Å². The first-order valence-corrected chi connectivity index (χ1v) is 13.3. The molecule has 1 aliphatic rings. The maximum atomic E-state index is 11.7. The molecule has 0 spiro atoms. The van der Waals surface area contributed by atoms with Crippen LogP contribution in [0, 0.1) is 5.92 Å². The molecule has 0 radical (unpaired) electrons. The van der Waals surface area contributed by atoms with Crippen LogP contribution < -0.4 is 5.32 Å². The summed E-state index contributed by atoms with van der Waals surface area (Å²) in [6.07, 6.45) is 0.325. The summed E-state index contributed by atoms with van der Waals surface area (Å²) in [5.74, 6) is 0.919. The SMILES string of the molecule is C=CCOC(=O)NCc1ccc([C@@H]2O[C@H](CSc3ccccc3)[C@H](C)[C@H](c3ccc(CO)cc3)O2)cc1. The summed E-state index contributed by atoms with van der Waals surface area (Å²) in [4.78, 5) is 12.9. The summed E-state index contributed by atoms with van der Waals surface area (Å²) in [5.41, 5.74) is 3.78. The highest BCUT2D eigenvalue weighted by Crippen LogP contribution is 2.43. The minimum Gasteiger partial charge on any atom is -0.445 e. The van der Waals surface area contributed by atoms with Crippen molar-refractivity contribution < 1.29 is 24.1 Å². The second kappa shape index (κ2) is 13.4. The van der Waals surface area contributed by atoms with Crippen LogP contribution in [0.3, 0.4) is 0 Å². The van der Waals surface area contributed by atoms with Crippen LogP contribution in [0.2, 0.25) is 0 Å². The Morgan fingerprint density at radius 3 is 2.35 bits per heavy atom. The fourth-order valence-electron chi connectivity index (χ4n) is 4.16. The van der Waals surface area contributed by atoms with Crippen LogP contribution in [0.1, 0.15) is 41.6 Å². The molecule has 1 fully saturated rings. The predicted octanol–water partition coefficient (Wildman–Crippen LogP) is 6.17. The lowest BCUT2D eigenvalue weighted by Crippen LogP contribution is -2.38. The van der Waals surface area contributed by atoms with Crippen LogP contribution >= 0.6 is 11.8 Å². The molecule has 1 saturated heterocycles. The van der Waals surface area contributed by atoms with Crippen LogP contribution in [-0.4, -0.2) is 29.7 Å². The zero-order valence-corrected chi connectivity index (χ0v) is 21.7. The molecule has 3 aromatic rings. The van der Waals surface area contributed by atoms with Gasteiger partial charge in [-0.1, -0.05) is 86.3 Å². The van der Waals surface area contributed by atoms with Gasteiger partial charge in [-0.15, -0.1) is 11.8 Å². The van der Waals surface area contributed by atoms with Gasteiger partial charge in [-0.25, -0.2) is 4.79 Å². The van der Waals surface area contributed by atoms with Crippen LogP contribution in [0.25, 0.3) is 0 Å². The quantitative estimate of drug-likeness (QED) is 0.246. The lowest BCUT2D eigenvalue weighted by atomic mass is 9.91. The third-order valence-corrected chi connectivity index (χ3v) is 7.40. The van der Waals surface area contributed by atoms with Gasteiger partial charge in [-0.3, -0.25) is 0 Å². The van der Waals surface area contributed by atoms with Crippen molar-refractivity contribution in [2.75, 3.05) is 12.4 Å². The largest absolute Gasteiger partial charge is 0.445 e. The monoisotopic (exact) mass is 519 g/mol. The first kappa shape index (κ1) is 26.9. The van der Waals surface area contributed by atoms with Gasteiger partial charge in [0.2, 0.25) is 0 Å². The van der Waals surface area contributed by atoms with Crippen LogP contribution in [0.15, 0.2) is 96.4 Å². The number of carbonyl (C=O) groups excluding carboxylic acids is 1. The van der Waals surface area contributed by atoms with E-state index >= 15 is 0 Å². The van der Waals surface area contributed by atoms with E-state index in [0.717, 1.165) is 28.0 Å². The topological polar surface area (TPSA) is 77.0 Å². The molecule has 194 valence electrons. The van der Waals surface area contributed by atoms with Gasteiger partial charge in [0.05, 0.1) is 18.8 Å². The van der Waals surface area contributed by atoms with Gasteiger partial charge in [0.1, 0.15) is 6.61 Å². The highest BCUT2D eigenvalue weighted by Gasteiger charge is 2.38. The first-order chi connectivity index (χ1) is 18.1. The summed E-state index contributed by atoms with van der Waals surface area (Å²) in [6, 6.07) is 26.1. The molecule has 2 N–H and O–H groups in total. The van der Waals surface area contributed by atoms with Crippen molar-refractivity contribution in [2.45, 2.75) is 43.5 Å². The second-order valence-corrected chi connectivity index (χ2v) is 10.0. The summed E-state index contributed by atoms with van der Waals surface area (Å²) in [6.45, 7) is 6.24. The fraction of sp³-hybridized carbons (Fsp3) is 0.300. The third-order valence-electron chi connectivity index (χ3n) is 6.30. The Bertz CT molecular complexity index is 1140. The summed E-state index contributed by atoms with van der Waals surface area (Å²) in [7, 11) is 0. The molecule has 0 saturated carbocycles. The number of nitrogens with one attached hydrogen (secondary N) is 1. The van der Waals surface area contributed by atoms with Crippen LogP contribution in [0.4, 0.5) is 4.79 Å². The molecule has 4 rings (SSSR count). The standard InChI is InChI=1S/C30H33NO5S/c1-3-17-34-30(33)31-18-22-9-15-25(16-10-22)29-35-27(20-37-26-7-5-4-6-8-26)21(2)28(36-29)24-13-11-23(19-32)12-14-24/h3-16,21,27-29,32H,1,17-20H2,2H3,(H,31,33)/t21-,27+,28+,29+/m0/s1. The van der Waals surface area contributed by atoms with Gasteiger partial charge >= 0.3 is 6.09 Å². The van der Waals surface area contributed by atoms with E-state index in [0.29, 0.717) is 6.54 Å². The van der Waals surface area contributed by atoms with Crippen molar-refractivity contribution in [2.24, 2.45) is 5.92 Å². The molecule has 6 nitrogen and oxygen atoms in total. The number of thioether (sulfide) groups is 1.